The molecule has 1 aromatic carbocycles. The topological polar surface area (TPSA) is 72.7 Å². The van der Waals surface area contributed by atoms with Crippen LogP contribution in [0.2, 0.25) is 0 Å². The fourth-order valence-electron chi connectivity index (χ4n) is 1.99. The highest BCUT2D eigenvalue weighted by molar-refractivity contribution is 6.18. The van der Waals surface area contributed by atoms with E-state index in [-0.39, 0.29) is 29.5 Å². The lowest BCUT2D eigenvalue weighted by atomic mass is 10.1. The SMILES string of the molecule is CCCN(CCCl)C(=O)c1cccc([N+](=O)[O-])c1OCC. The van der Waals surface area contributed by atoms with Crippen molar-refractivity contribution in [2.75, 3.05) is 25.6 Å². The summed E-state index contributed by atoms with van der Waals surface area (Å²) in [5.41, 5.74) is -0.00496. The van der Waals surface area contributed by atoms with E-state index in [1.807, 2.05) is 6.92 Å². The van der Waals surface area contributed by atoms with E-state index in [1.54, 1.807) is 11.8 Å². The Morgan fingerprint density at radius 3 is 2.62 bits per heavy atom. The van der Waals surface area contributed by atoms with Crippen molar-refractivity contribution in [2.24, 2.45) is 0 Å². The molecule has 116 valence electrons. The quantitative estimate of drug-likeness (QED) is 0.420. The summed E-state index contributed by atoms with van der Waals surface area (Å²) in [6, 6.07) is 4.35. The van der Waals surface area contributed by atoms with Gasteiger partial charge in [-0.15, -0.1) is 11.6 Å². The van der Waals surface area contributed by atoms with E-state index in [1.165, 1.54) is 18.2 Å². The molecule has 0 aliphatic rings. The van der Waals surface area contributed by atoms with Gasteiger partial charge in [0.1, 0.15) is 0 Å². The van der Waals surface area contributed by atoms with Gasteiger partial charge in [0, 0.05) is 25.0 Å². The number of benzene rings is 1. The zero-order valence-electron chi connectivity index (χ0n) is 12.2. The number of nitro benzene ring substituents is 1. The maximum atomic E-state index is 12.6. The minimum Gasteiger partial charge on any atom is -0.487 e. The van der Waals surface area contributed by atoms with Crippen LogP contribution in [-0.2, 0) is 0 Å². The van der Waals surface area contributed by atoms with Gasteiger partial charge in [-0.3, -0.25) is 14.9 Å². The van der Waals surface area contributed by atoms with Gasteiger partial charge in [-0.25, -0.2) is 0 Å². The lowest BCUT2D eigenvalue weighted by molar-refractivity contribution is -0.385. The highest BCUT2D eigenvalue weighted by Gasteiger charge is 2.25. The summed E-state index contributed by atoms with van der Waals surface area (Å²) in [6.45, 7) is 4.84. The van der Waals surface area contributed by atoms with Crippen LogP contribution in [0.15, 0.2) is 18.2 Å². The zero-order chi connectivity index (χ0) is 15.8. The normalized spacial score (nSPS) is 10.2. The molecule has 0 fully saturated rings. The number of carbonyl (C=O) groups excluding carboxylic acids is 1. The molecule has 0 heterocycles. The second-order valence-electron chi connectivity index (χ2n) is 4.33. The number of hydrogen-bond donors (Lipinski definition) is 0. The molecule has 0 N–H and O–H groups in total. The van der Waals surface area contributed by atoms with Crippen LogP contribution in [0.1, 0.15) is 30.6 Å². The zero-order valence-corrected chi connectivity index (χ0v) is 12.9. The average Bonchev–Trinajstić information content (AvgIpc) is 2.46. The van der Waals surface area contributed by atoms with Gasteiger partial charge < -0.3 is 9.64 Å². The largest absolute Gasteiger partial charge is 0.487 e. The Labute approximate surface area is 128 Å². The number of nitro groups is 1. The first-order chi connectivity index (χ1) is 10.1. The Bertz CT molecular complexity index is 502. The van der Waals surface area contributed by atoms with E-state index >= 15 is 0 Å². The monoisotopic (exact) mass is 314 g/mol. The number of hydrogen-bond acceptors (Lipinski definition) is 4. The minimum atomic E-state index is -0.548. The van der Waals surface area contributed by atoms with E-state index in [2.05, 4.69) is 0 Å². The van der Waals surface area contributed by atoms with E-state index in [0.29, 0.717) is 19.0 Å². The lowest BCUT2D eigenvalue weighted by Crippen LogP contribution is -2.33. The number of nitrogens with zero attached hydrogens (tertiary/aromatic N) is 2. The molecule has 6 nitrogen and oxygen atoms in total. The number of alkyl halides is 1. The summed E-state index contributed by atoms with van der Waals surface area (Å²) in [6.07, 6.45) is 0.779. The van der Waals surface area contributed by atoms with Gasteiger partial charge in [-0.1, -0.05) is 13.0 Å². The molecule has 0 saturated heterocycles. The third-order valence-electron chi connectivity index (χ3n) is 2.85. The van der Waals surface area contributed by atoms with Crippen LogP contribution in [0, 0.1) is 10.1 Å². The van der Waals surface area contributed by atoms with Crippen LogP contribution in [-0.4, -0.2) is 41.3 Å². The van der Waals surface area contributed by atoms with Crippen LogP contribution >= 0.6 is 11.6 Å². The molecule has 0 aromatic heterocycles. The number of amides is 1. The molecule has 0 spiro atoms. The third kappa shape index (κ3) is 4.32. The fourth-order valence-corrected chi connectivity index (χ4v) is 2.19. The molecule has 0 aliphatic heterocycles. The molecule has 7 heteroatoms. The molecule has 0 radical (unpaired) electrons. The maximum absolute atomic E-state index is 12.6. The summed E-state index contributed by atoms with van der Waals surface area (Å²) in [7, 11) is 0. The first-order valence-corrected chi connectivity index (χ1v) is 7.35. The Morgan fingerprint density at radius 1 is 1.38 bits per heavy atom. The van der Waals surface area contributed by atoms with Gasteiger partial charge in [-0.05, 0) is 19.4 Å². The number of para-hydroxylation sites is 1. The third-order valence-corrected chi connectivity index (χ3v) is 3.01. The number of ether oxygens (including phenoxy) is 1. The molecule has 21 heavy (non-hydrogen) atoms. The Kier molecular flexibility index (Phi) is 6.94. The van der Waals surface area contributed by atoms with Crippen LogP contribution in [0.4, 0.5) is 5.69 Å². The van der Waals surface area contributed by atoms with Crippen molar-refractivity contribution in [1.82, 2.24) is 4.90 Å². The second kappa shape index (κ2) is 8.46. The summed E-state index contributed by atoms with van der Waals surface area (Å²) >= 11 is 5.71. The van der Waals surface area contributed by atoms with Crippen molar-refractivity contribution in [3.63, 3.8) is 0 Å². The molecule has 0 atom stereocenters. The van der Waals surface area contributed by atoms with Crippen molar-refractivity contribution in [3.8, 4) is 5.75 Å². The lowest BCUT2D eigenvalue weighted by Gasteiger charge is -2.22. The predicted molar refractivity (Wildman–Crippen MR) is 81.2 cm³/mol. The second-order valence-corrected chi connectivity index (χ2v) is 4.70. The van der Waals surface area contributed by atoms with E-state index < -0.39 is 4.92 Å². The molecule has 1 aromatic rings. The standard InChI is InChI=1S/C14H19ClN2O4/c1-3-9-16(10-8-15)14(18)11-6-5-7-12(17(19)20)13(11)21-4-2/h5-7H,3-4,8-10H2,1-2H3. The molecular formula is C14H19ClN2O4. The molecule has 0 saturated carbocycles. The average molecular weight is 315 g/mol. The summed E-state index contributed by atoms with van der Waals surface area (Å²) in [4.78, 5) is 24.7. The number of halogens is 1. The maximum Gasteiger partial charge on any atom is 0.311 e. The van der Waals surface area contributed by atoms with Gasteiger partial charge in [0.25, 0.3) is 5.91 Å². The molecule has 0 unspecified atom stereocenters. The van der Waals surface area contributed by atoms with Crippen LogP contribution < -0.4 is 4.74 Å². The first kappa shape index (κ1) is 17.2. The highest BCUT2D eigenvalue weighted by atomic mass is 35.5. The molecule has 1 rings (SSSR count). The Morgan fingerprint density at radius 2 is 2.10 bits per heavy atom. The van der Waals surface area contributed by atoms with Gasteiger partial charge >= 0.3 is 5.69 Å². The van der Waals surface area contributed by atoms with Crippen molar-refractivity contribution in [1.29, 1.82) is 0 Å². The smallest absolute Gasteiger partial charge is 0.311 e. The van der Waals surface area contributed by atoms with Crippen molar-refractivity contribution in [3.05, 3.63) is 33.9 Å². The first-order valence-electron chi connectivity index (χ1n) is 6.82. The molecular weight excluding hydrogens is 296 g/mol. The van der Waals surface area contributed by atoms with Crippen molar-refractivity contribution < 1.29 is 14.5 Å². The van der Waals surface area contributed by atoms with Gasteiger partial charge in [-0.2, -0.15) is 0 Å². The minimum absolute atomic E-state index is 0.0191. The molecule has 1 amide bonds. The van der Waals surface area contributed by atoms with E-state index in [4.69, 9.17) is 16.3 Å². The summed E-state index contributed by atoms with van der Waals surface area (Å²) in [5.74, 6) is 0.0280. The van der Waals surface area contributed by atoms with Crippen LogP contribution in [0.25, 0.3) is 0 Å². The van der Waals surface area contributed by atoms with Crippen LogP contribution in [0.5, 0.6) is 5.75 Å². The van der Waals surface area contributed by atoms with E-state index in [9.17, 15) is 14.9 Å². The van der Waals surface area contributed by atoms with Crippen molar-refractivity contribution >= 4 is 23.2 Å². The predicted octanol–water partition coefficient (Wildman–Crippen LogP) is 3.08. The fraction of sp³-hybridized carbons (Fsp3) is 0.500. The van der Waals surface area contributed by atoms with Gasteiger partial charge in [0.05, 0.1) is 17.1 Å². The highest BCUT2D eigenvalue weighted by Crippen LogP contribution is 2.31. The van der Waals surface area contributed by atoms with Gasteiger partial charge in [0.2, 0.25) is 5.75 Å². The summed E-state index contributed by atoms with van der Waals surface area (Å²) < 4.78 is 5.33. The van der Waals surface area contributed by atoms with Gasteiger partial charge in [0.15, 0.2) is 0 Å². The van der Waals surface area contributed by atoms with E-state index in [0.717, 1.165) is 6.42 Å². The Balaban J connectivity index is 3.23. The van der Waals surface area contributed by atoms with Crippen molar-refractivity contribution in [2.45, 2.75) is 20.3 Å². The number of carbonyl (C=O) groups is 1. The number of rotatable bonds is 8. The molecule has 0 aliphatic carbocycles. The Hall–Kier alpha value is -1.82. The van der Waals surface area contributed by atoms with Crippen LogP contribution in [0.3, 0.4) is 0 Å². The molecule has 0 bridgehead atoms. The summed E-state index contributed by atoms with van der Waals surface area (Å²) in [5, 5.41) is 11.1.